The Labute approximate surface area is 223 Å². The monoisotopic (exact) mass is 518 g/mol. The first kappa shape index (κ1) is 25.1. The number of anilines is 1. The smallest absolute Gasteiger partial charge is 0.234 e. The van der Waals surface area contributed by atoms with E-state index >= 15 is 0 Å². The maximum atomic E-state index is 11.8. The number of amides is 1. The quantitative estimate of drug-likeness (QED) is 0.464. The highest BCUT2D eigenvalue weighted by Gasteiger charge is 2.37. The first-order valence-electron chi connectivity index (χ1n) is 13.8. The largest absolute Gasteiger partial charge is 0.491 e. The lowest BCUT2D eigenvalue weighted by atomic mass is 9.79. The molecule has 202 valence electrons. The Morgan fingerprint density at radius 3 is 2.84 bits per heavy atom. The molecular weight excluding hydrogens is 480 g/mol. The average molecular weight is 519 g/mol. The summed E-state index contributed by atoms with van der Waals surface area (Å²) in [4.78, 5) is 23.0. The summed E-state index contributed by atoms with van der Waals surface area (Å²) in [6, 6.07) is 8.36. The van der Waals surface area contributed by atoms with Gasteiger partial charge in [0.1, 0.15) is 30.1 Å². The molecule has 1 aliphatic carbocycles. The van der Waals surface area contributed by atoms with E-state index in [4.69, 9.17) is 20.9 Å². The van der Waals surface area contributed by atoms with Crippen molar-refractivity contribution in [3.8, 4) is 16.9 Å². The molecule has 38 heavy (non-hydrogen) atoms. The van der Waals surface area contributed by atoms with E-state index in [1.807, 2.05) is 12.1 Å². The Morgan fingerprint density at radius 2 is 2.08 bits per heavy atom. The van der Waals surface area contributed by atoms with Crippen LogP contribution >= 0.6 is 0 Å². The van der Waals surface area contributed by atoms with Crippen LogP contribution in [0.15, 0.2) is 36.8 Å². The fraction of sp³-hybridized carbons (Fsp3) is 0.552. The average Bonchev–Trinajstić information content (AvgIpc) is 3.57. The van der Waals surface area contributed by atoms with Gasteiger partial charge in [-0.25, -0.2) is 9.97 Å². The molecule has 1 aromatic carbocycles. The lowest BCUT2D eigenvalue weighted by molar-refractivity contribution is -0.122. The number of primary amides is 1. The Bertz CT molecular complexity index is 1330. The van der Waals surface area contributed by atoms with Crippen molar-refractivity contribution in [2.24, 2.45) is 11.7 Å². The van der Waals surface area contributed by atoms with Crippen LogP contribution in [0.3, 0.4) is 0 Å². The van der Waals surface area contributed by atoms with E-state index in [0.29, 0.717) is 24.4 Å². The van der Waals surface area contributed by atoms with Crippen LogP contribution in [0.25, 0.3) is 22.2 Å². The zero-order valence-electron chi connectivity index (χ0n) is 22.3. The molecule has 1 amide bonds. The molecule has 2 saturated heterocycles. The highest BCUT2D eigenvalue weighted by Crippen LogP contribution is 2.44. The van der Waals surface area contributed by atoms with Crippen LogP contribution < -0.4 is 16.2 Å². The molecule has 3 fully saturated rings. The van der Waals surface area contributed by atoms with Crippen molar-refractivity contribution < 1.29 is 14.3 Å². The van der Waals surface area contributed by atoms with E-state index in [2.05, 4.69) is 51.6 Å². The van der Waals surface area contributed by atoms with Crippen LogP contribution in [0.5, 0.6) is 5.75 Å². The van der Waals surface area contributed by atoms with Gasteiger partial charge in [-0.1, -0.05) is 12.1 Å². The molecule has 3 aliphatic rings. The molecule has 9 nitrogen and oxygen atoms in total. The molecule has 4 N–H and O–H groups in total. The van der Waals surface area contributed by atoms with Crippen LogP contribution in [0.2, 0.25) is 0 Å². The van der Waals surface area contributed by atoms with Gasteiger partial charge >= 0.3 is 0 Å². The van der Waals surface area contributed by atoms with Gasteiger partial charge in [0.2, 0.25) is 5.91 Å². The number of aromatic nitrogens is 3. The number of rotatable bonds is 8. The fourth-order valence-corrected chi connectivity index (χ4v) is 6.52. The second-order valence-corrected chi connectivity index (χ2v) is 11.8. The van der Waals surface area contributed by atoms with Crippen molar-refractivity contribution in [3.63, 3.8) is 0 Å². The highest BCUT2D eigenvalue weighted by molar-refractivity contribution is 6.00. The molecule has 0 radical (unpaired) electrons. The van der Waals surface area contributed by atoms with Crippen molar-refractivity contribution in [2.45, 2.75) is 76.2 Å². The SMILES string of the molecule is CC1(C)CCC(COc2cccc(-c3cn(C4CC(CN5CCCC5C(N)=O)C4)c4ncnc(N)c34)c2)O1. The predicted octanol–water partition coefficient (Wildman–Crippen LogP) is 3.92. The molecule has 3 aromatic rings. The maximum Gasteiger partial charge on any atom is 0.234 e. The first-order chi connectivity index (χ1) is 18.3. The standard InChI is InChI=1S/C29H38N6O3/c1-29(2)9-8-22(38-29)16-37-21-6-3-5-19(13-21)23-15-35(28-25(23)26(30)32-17-33-28)20-11-18(12-20)14-34-10-4-7-24(34)27(31)36/h3,5-6,13,15,17-18,20,22,24H,4,7-12,14,16H2,1-2H3,(H2,31,36)(H2,30,32,33). The van der Waals surface area contributed by atoms with Crippen molar-refractivity contribution in [2.75, 3.05) is 25.4 Å². The molecule has 2 atom stereocenters. The highest BCUT2D eigenvalue weighted by atomic mass is 16.6. The number of hydrogen-bond donors (Lipinski definition) is 2. The van der Waals surface area contributed by atoms with Crippen LogP contribution in [0, 0.1) is 5.92 Å². The lowest BCUT2D eigenvalue weighted by Gasteiger charge is -2.39. The molecule has 2 unspecified atom stereocenters. The number of benzene rings is 1. The van der Waals surface area contributed by atoms with Crippen molar-refractivity contribution in [3.05, 3.63) is 36.8 Å². The third-order valence-electron chi connectivity index (χ3n) is 8.56. The van der Waals surface area contributed by atoms with E-state index in [1.165, 1.54) is 0 Å². The fourth-order valence-electron chi connectivity index (χ4n) is 6.52. The van der Waals surface area contributed by atoms with Crippen LogP contribution in [0.1, 0.15) is 58.4 Å². The number of likely N-dealkylation sites (tertiary alicyclic amines) is 1. The van der Waals surface area contributed by atoms with E-state index in [1.54, 1.807) is 6.33 Å². The van der Waals surface area contributed by atoms with Gasteiger partial charge in [-0.2, -0.15) is 0 Å². The summed E-state index contributed by atoms with van der Waals surface area (Å²) in [6.45, 7) is 6.68. The first-order valence-corrected chi connectivity index (χ1v) is 13.8. The van der Waals surface area contributed by atoms with Crippen molar-refractivity contribution >= 4 is 22.8 Å². The third-order valence-corrected chi connectivity index (χ3v) is 8.56. The van der Waals surface area contributed by atoms with E-state index in [0.717, 1.165) is 79.5 Å². The minimum absolute atomic E-state index is 0.0756. The summed E-state index contributed by atoms with van der Waals surface area (Å²) < 4.78 is 14.5. The second-order valence-electron chi connectivity index (χ2n) is 11.8. The summed E-state index contributed by atoms with van der Waals surface area (Å²) in [5.74, 6) is 1.64. The van der Waals surface area contributed by atoms with Crippen LogP contribution in [-0.2, 0) is 9.53 Å². The summed E-state index contributed by atoms with van der Waals surface area (Å²) in [7, 11) is 0. The Hall–Kier alpha value is -3.17. The van der Waals surface area contributed by atoms with Gasteiger partial charge in [0.25, 0.3) is 0 Å². The van der Waals surface area contributed by atoms with Gasteiger partial charge in [0.05, 0.1) is 23.1 Å². The lowest BCUT2D eigenvalue weighted by Crippen LogP contribution is -2.44. The minimum atomic E-state index is -0.197. The molecule has 1 saturated carbocycles. The number of carbonyl (C=O) groups excluding carboxylic acids is 1. The molecule has 2 aromatic heterocycles. The Kier molecular flexibility index (Phi) is 6.52. The van der Waals surface area contributed by atoms with E-state index < -0.39 is 0 Å². The van der Waals surface area contributed by atoms with Gasteiger partial charge in [0.15, 0.2) is 0 Å². The molecule has 0 bridgehead atoms. The number of hydrogen-bond acceptors (Lipinski definition) is 7. The molecule has 4 heterocycles. The summed E-state index contributed by atoms with van der Waals surface area (Å²) in [5, 5.41) is 0.877. The predicted molar refractivity (Wildman–Crippen MR) is 147 cm³/mol. The topological polar surface area (TPSA) is 122 Å². The molecule has 9 heteroatoms. The minimum Gasteiger partial charge on any atom is -0.491 e. The van der Waals surface area contributed by atoms with E-state index in [-0.39, 0.29) is 23.7 Å². The van der Waals surface area contributed by atoms with Crippen molar-refractivity contribution in [1.29, 1.82) is 0 Å². The van der Waals surface area contributed by atoms with E-state index in [9.17, 15) is 4.79 Å². The molecule has 2 aliphatic heterocycles. The number of carbonyl (C=O) groups is 1. The Morgan fingerprint density at radius 1 is 1.24 bits per heavy atom. The number of fused-ring (bicyclic) bond motifs is 1. The zero-order valence-corrected chi connectivity index (χ0v) is 22.3. The summed E-state index contributed by atoms with van der Waals surface area (Å²) in [5.41, 5.74) is 14.8. The van der Waals surface area contributed by atoms with Gasteiger partial charge in [-0.05, 0) is 82.5 Å². The number of ether oxygens (including phenoxy) is 2. The maximum absolute atomic E-state index is 11.8. The number of nitrogen functional groups attached to an aromatic ring is 1. The molecule has 6 rings (SSSR count). The van der Waals surface area contributed by atoms with Gasteiger partial charge in [-0.3, -0.25) is 9.69 Å². The number of nitrogens with zero attached hydrogens (tertiary/aromatic N) is 4. The van der Waals surface area contributed by atoms with Crippen LogP contribution in [0.4, 0.5) is 5.82 Å². The third kappa shape index (κ3) is 4.85. The van der Waals surface area contributed by atoms with Crippen molar-refractivity contribution in [1.82, 2.24) is 19.4 Å². The Balaban J connectivity index is 1.19. The van der Waals surface area contributed by atoms with Gasteiger partial charge in [0, 0.05) is 24.3 Å². The van der Waals surface area contributed by atoms with Crippen LogP contribution in [-0.4, -0.2) is 62.8 Å². The summed E-state index contributed by atoms with van der Waals surface area (Å²) >= 11 is 0. The molecular formula is C29H38N6O3. The van der Waals surface area contributed by atoms with Gasteiger partial charge in [-0.15, -0.1) is 0 Å². The summed E-state index contributed by atoms with van der Waals surface area (Å²) in [6.07, 6.45) is 9.88. The number of nitrogens with two attached hydrogens (primary N) is 2. The second kappa shape index (κ2) is 9.85. The molecule has 0 spiro atoms. The van der Waals surface area contributed by atoms with Gasteiger partial charge < -0.3 is 25.5 Å². The normalized spacial score (nSPS) is 27.0. The zero-order chi connectivity index (χ0) is 26.4.